The Hall–Kier alpha value is -1.87. The van der Waals surface area contributed by atoms with Crippen LogP contribution in [0, 0.1) is 0 Å². The number of rotatable bonds is 5. The number of hydrogen-bond acceptors (Lipinski definition) is 3. The van der Waals surface area contributed by atoms with E-state index in [1.807, 2.05) is 44.4 Å². The number of halogens is 1. The molecule has 0 saturated heterocycles. The van der Waals surface area contributed by atoms with Gasteiger partial charge < -0.3 is 15.0 Å². The van der Waals surface area contributed by atoms with Crippen LogP contribution in [-0.2, 0) is 6.54 Å². The molecule has 0 unspecified atom stereocenters. The highest BCUT2D eigenvalue weighted by atomic mass is 35.5. The Labute approximate surface area is 125 Å². The second-order valence-electron chi connectivity index (χ2n) is 4.75. The first kappa shape index (κ1) is 14.5. The minimum atomic E-state index is 0.667. The molecule has 2 aromatic carbocycles. The molecule has 0 aliphatic rings. The van der Waals surface area contributed by atoms with Gasteiger partial charge in [-0.15, -0.1) is 0 Å². The Balaban J connectivity index is 2.12. The van der Waals surface area contributed by atoms with Crippen LogP contribution in [0.5, 0.6) is 5.75 Å². The van der Waals surface area contributed by atoms with Gasteiger partial charge in [0.15, 0.2) is 0 Å². The van der Waals surface area contributed by atoms with Gasteiger partial charge in [-0.25, -0.2) is 0 Å². The predicted molar refractivity (Wildman–Crippen MR) is 86.1 cm³/mol. The topological polar surface area (TPSA) is 24.5 Å². The molecule has 4 heteroatoms. The summed E-state index contributed by atoms with van der Waals surface area (Å²) in [5, 5.41) is 4.11. The lowest BCUT2D eigenvalue weighted by molar-refractivity contribution is 0.410. The van der Waals surface area contributed by atoms with E-state index in [4.69, 9.17) is 16.3 Å². The SMILES string of the molecule is COc1ccc(Cl)cc1CNc1cccc(N(C)C)c1. The molecule has 1 N–H and O–H groups in total. The van der Waals surface area contributed by atoms with Crippen molar-refractivity contribution >= 4 is 23.0 Å². The van der Waals surface area contributed by atoms with Gasteiger partial charge in [-0.1, -0.05) is 17.7 Å². The van der Waals surface area contributed by atoms with Crippen molar-refractivity contribution in [2.75, 3.05) is 31.4 Å². The minimum Gasteiger partial charge on any atom is -0.496 e. The largest absolute Gasteiger partial charge is 0.496 e. The van der Waals surface area contributed by atoms with E-state index < -0.39 is 0 Å². The predicted octanol–water partition coefficient (Wildman–Crippen LogP) is 4.03. The van der Waals surface area contributed by atoms with Crippen molar-refractivity contribution < 1.29 is 4.74 Å². The highest BCUT2D eigenvalue weighted by Crippen LogP contribution is 2.24. The fraction of sp³-hybridized carbons (Fsp3) is 0.250. The lowest BCUT2D eigenvalue weighted by Gasteiger charge is -2.15. The van der Waals surface area contributed by atoms with Gasteiger partial charge in [0.05, 0.1) is 7.11 Å². The van der Waals surface area contributed by atoms with Gasteiger partial charge in [-0.3, -0.25) is 0 Å². The van der Waals surface area contributed by atoms with Crippen LogP contribution in [0.3, 0.4) is 0 Å². The molecule has 0 aliphatic heterocycles. The van der Waals surface area contributed by atoms with Crippen molar-refractivity contribution in [2.24, 2.45) is 0 Å². The van der Waals surface area contributed by atoms with Crippen LogP contribution in [-0.4, -0.2) is 21.2 Å². The molecular formula is C16H19ClN2O. The molecule has 0 saturated carbocycles. The molecule has 20 heavy (non-hydrogen) atoms. The summed E-state index contributed by atoms with van der Waals surface area (Å²) < 4.78 is 5.34. The van der Waals surface area contributed by atoms with Crippen LogP contribution in [0.25, 0.3) is 0 Å². The van der Waals surface area contributed by atoms with Crippen LogP contribution < -0.4 is 15.0 Å². The summed E-state index contributed by atoms with van der Waals surface area (Å²) >= 11 is 6.03. The fourth-order valence-corrected chi connectivity index (χ4v) is 2.17. The fourth-order valence-electron chi connectivity index (χ4n) is 1.98. The molecule has 0 aromatic heterocycles. The van der Waals surface area contributed by atoms with Gasteiger partial charge in [0.25, 0.3) is 0 Å². The van der Waals surface area contributed by atoms with Gasteiger partial charge >= 0.3 is 0 Å². The maximum atomic E-state index is 6.03. The molecule has 0 heterocycles. The molecule has 0 spiro atoms. The van der Waals surface area contributed by atoms with Gasteiger partial charge in [0.1, 0.15) is 5.75 Å². The van der Waals surface area contributed by atoms with E-state index in [0.717, 1.165) is 22.7 Å². The summed E-state index contributed by atoms with van der Waals surface area (Å²) in [7, 11) is 5.72. The summed E-state index contributed by atoms with van der Waals surface area (Å²) in [5.41, 5.74) is 3.27. The average molecular weight is 291 g/mol. The Kier molecular flexibility index (Phi) is 4.74. The number of hydrogen-bond donors (Lipinski definition) is 1. The zero-order valence-corrected chi connectivity index (χ0v) is 12.7. The molecule has 0 radical (unpaired) electrons. The molecule has 106 valence electrons. The third kappa shape index (κ3) is 3.58. The van der Waals surface area contributed by atoms with Crippen molar-refractivity contribution in [1.82, 2.24) is 0 Å². The zero-order chi connectivity index (χ0) is 14.5. The molecule has 2 aromatic rings. The number of benzene rings is 2. The molecule has 0 amide bonds. The molecule has 0 aliphatic carbocycles. The Morgan fingerprint density at radius 3 is 2.65 bits per heavy atom. The highest BCUT2D eigenvalue weighted by molar-refractivity contribution is 6.30. The summed E-state index contributed by atoms with van der Waals surface area (Å²) in [4.78, 5) is 2.07. The van der Waals surface area contributed by atoms with E-state index in [1.54, 1.807) is 7.11 Å². The van der Waals surface area contributed by atoms with Crippen molar-refractivity contribution in [2.45, 2.75) is 6.54 Å². The Bertz CT molecular complexity index is 584. The first-order valence-electron chi connectivity index (χ1n) is 6.44. The van der Waals surface area contributed by atoms with Gasteiger partial charge in [-0.05, 0) is 36.4 Å². The number of methoxy groups -OCH3 is 1. The minimum absolute atomic E-state index is 0.667. The number of nitrogens with one attached hydrogen (secondary N) is 1. The number of ether oxygens (including phenoxy) is 1. The third-order valence-corrected chi connectivity index (χ3v) is 3.32. The molecule has 0 fully saturated rings. The van der Waals surface area contributed by atoms with E-state index in [0.29, 0.717) is 11.6 Å². The van der Waals surface area contributed by atoms with Crippen molar-refractivity contribution in [3.8, 4) is 5.75 Å². The van der Waals surface area contributed by atoms with E-state index in [-0.39, 0.29) is 0 Å². The maximum Gasteiger partial charge on any atom is 0.123 e. The van der Waals surface area contributed by atoms with E-state index >= 15 is 0 Å². The van der Waals surface area contributed by atoms with Gasteiger partial charge in [0.2, 0.25) is 0 Å². The van der Waals surface area contributed by atoms with Crippen LogP contribution in [0.2, 0.25) is 5.02 Å². The molecular weight excluding hydrogens is 272 g/mol. The Morgan fingerprint density at radius 1 is 1.15 bits per heavy atom. The standard InChI is InChI=1S/C16H19ClN2O/c1-19(2)15-6-4-5-14(10-15)18-11-12-9-13(17)7-8-16(12)20-3/h4-10,18H,11H2,1-3H3. The van der Waals surface area contributed by atoms with Crippen LogP contribution in [0.1, 0.15) is 5.56 Å². The second-order valence-corrected chi connectivity index (χ2v) is 5.19. The first-order valence-corrected chi connectivity index (χ1v) is 6.81. The molecule has 3 nitrogen and oxygen atoms in total. The van der Waals surface area contributed by atoms with Crippen LogP contribution in [0.4, 0.5) is 11.4 Å². The monoisotopic (exact) mass is 290 g/mol. The van der Waals surface area contributed by atoms with E-state index in [2.05, 4.69) is 22.3 Å². The van der Waals surface area contributed by atoms with Crippen molar-refractivity contribution in [3.05, 3.63) is 53.1 Å². The van der Waals surface area contributed by atoms with E-state index in [1.165, 1.54) is 0 Å². The summed E-state index contributed by atoms with van der Waals surface area (Å²) in [6.45, 7) is 0.667. The molecule has 0 bridgehead atoms. The molecule has 0 atom stereocenters. The van der Waals surface area contributed by atoms with Gasteiger partial charge in [-0.2, -0.15) is 0 Å². The highest BCUT2D eigenvalue weighted by Gasteiger charge is 2.04. The van der Waals surface area contributed by atoms with Crippen molar-refractivity contribution in [1.29, 1.82) is 0 Å². The number of anilines is 2. The van der Waals surface area contributed by atoms with Crippen LogP contribution >= 0.6 is 11.6 Å². The second kappa shape index (κ2) is 6.53. The first-order chi connectivity index (χ1) is 9.60. The third-order valence-electron chi connectivity index (χ3n) is 3.09. The summed E-state index contributed by atoms with van der Waals surface area (Å²) in [6.07, 6.45) is 0. The number of nitrogens with zero attached hydrogens (tertiary/aromatic N) is 1. The average Bonchev–Trinajstić information content (AvgIpc) is 2.45. The van der Waals surface area contributed by atoms with E-state index in [9.17, 15) is 0 Å². The smallest absolute Gasteiger partial charge is 0.123 e. The zero-order valence-electron chi connectivity index (χ0n) is 12.0. The summed E-state index contributed by atoms with van der Waals surface area (Å²) in [6, 6.07) is 13.9. The quantitative estimate of drug-likeness (QED) is 0.900. The summed E-state index contributed by atoms with van der Waals surface area (Å²) in [5.74, 6) is 0.839. The Morgan fingerprint density at radius 2 is 1.95 bits per heavy atom. The lowest BCUT2D eigenvalue weighted by atomic mass is 10.2. The van der Waals surface area contributed by atoms with Crippen molar-refractivity contribution in [3.63, 3.8) is 0 Å². The lowest BCUT2D eigenvalue weighted by Crippen LogP contribution is -2.09. The maximum absolute atomic E-state index is 6.03. The molecule has 2 rings (SSSR count). The van der Waals surface area contributed by atoms with Gasteiger partial charge in [0, 0.05) is 42.6 Å². The van der Waals surface area contributed by atoms with Crippen LogP contribution in [0.15, 0.2) is 42.5 Å². The normalized spacial score (nSPS) is 10.2.